The number of carboxylic acid groups (broad SMARTS) is 1. The highest BCUT2D eigenvalue weighted by Gasteiger charge is 2.25. The lowest BCUT2D eigenvalue weighted by Gasteiger charge is -2.26. The lowest BCUT2D eigenvalue weighted by Crippen LogP contribution is -2.32. The predicted molar refractivity (Wildman–Crippen MR) is 148 cm³/mol. The van der Waals surface area contributed by atoms with Gasteiger partial charge in [0.05, 0.1) is 11.9 Å². The molecular formula is C31H36N4O3. The minimum Gasteiger partial charge on any atom is -0.489 e. The van der Waals surface area contributed by atoms with Crippen molar-refractivity contribution in [1.82, 2.24) is 19.9 Å². The van der Waals surface area contributed by atoms with Crippen LogP contribution in [0.15, 0.2) is 54.6 Å². The highest BCUT2D eigenvalue weighted by Crippen LogP contribution is 2.35. The summed E-state index contributed by atoms with van der Waals surface area (Å²) < 4.78 is 8.14. The second-order valence-corrected chi connectivity index (χ2v) is 10.5. The maximum atomic E-state index is 12.0. The molecule has 5 rings (SSSR count). The summed E-state index contributed by atoms with van der Waals surface area (Å²) in [7, 11) is 1.87. The summed E-state index contributed by atoms with van der Waals surface area (Å²) in [5, 5.41) is 18.3. The molecule has 0 amide bonds. The zero-order valence-corrected chi connectivity index (χ0v) is 22.6. The van der Waals surface area contributed by atoms with Crippen molar-refractivity contribution in [3.8, 4) is 5.75 Å². The van der Waals surface area contributed by atoms with Gasteiger partial charge in [0.2, 0.25) is 0 Å². The van der Waals surface area contributed by atoms with Crippen LogP contribution in [0.1, 0.15) is 65.5 Å². The number of fused-ring (bicyclic) bond motifs is 2. The third kappa shape index (κ3) is 5.29. The molecule has 0 spiro atoms. The van der Waals surface area contributed by atoms with E-state index in [-0.39, 0.29) is 18.4 Å². The van der Waals surface area contributed by atoms with Crippen molar-refractivity contribution < 1.29 is 14.6 Å². The Labute approximate surface area is 224 Å². The van der Waals surface area contributed by atoms with Gasteiger partial charge in [-0.3, -0.25) is 9.69 Å². The van der Waals surface area contributed by atoms with Crippen LogP contribution in [-0.4, -0.2) is 43.6 Å². The molecular weight excluding hydrogens is 476 g/mol. The van der Waals surface area contributed by atoms with Gasteiger partial charge in [0, 0.05) is 38.2 Å². The fourth-order valence-electron chi connectivity index (χ4n) is 5.68. The van der Waals surface area contributed by atoms with Crippen molar-refractivity contribution in [2.75, 3.05) is 6.54 Å². The van der Waals surface area contributed by atoms with Crippen LogP contribution in [0.2, 0.25) is 0 Å². The molecule has 2 heterocycles. The molecule has 2 atom stereocenters. The summed E-state index contributed by atoms with van der Waals surface area (Å²) in [5.74, 6) is -0.117. The first-order chi connectivity index (χ1) is 18.3. The number of carboxylic acids is 1. The molecule has 2 unspecified atom stereocenters. The summed E-state index contributed by atoms with van der Waals surface area (Å²) in [6.07, 6.45) is 2.24. The van der Waals surface area contributed by atoms with E-state index in [0.717, 1.165) is 65.9 Å². The van der Waals surface area contributed by atoms with Crippen LogP contribution in [0.5, 0.6) is 5.75 Å². The number of para-hydroxylation sites is 1. The fraction of sp³-hybridized carbons (Fsp3) is 0.387. The SMILES string of the molecule is CCCC1CN(Cc2cc(C(CC(=O)O)c3ccc4c(nnn4C)c3C)ccc2C)Cc2ccccc2O1. The molecule has 0 fully saturated rings. The Bertz CT molecular complexity index is 1460. The van der Waals surface area contributed by atoms with E-state index in [1.54, 1.807) is 4.68 Å². The zero-order chi connectivity index (χ0) is 26.8. The number of hydrogen-bond donors (Lipinski definition) is 1. The fourth-order valence-corrected chi connectivity index (χ4v) is 5.68. The molecule has 0 saturated heterocycles. The molecule has 7 heteroatoms. The summed E-state index contributed by atoms with van der Waals surface area (Å²) in [6.45, 7) is 8.79. The molecule has 0 radical (unpaired) electrons. The molecule has 1 N–H and O–H groups in total. The number of rotatable bonds is 8. The van der Waals surface area contributed by atoms with E-state index >= 15 is 0 Å². The van der Waals surface area contributed by atoms with Crippen LogP contribution >= 0.6 is 0 Å². The van der Waals surface area contributed by atoms with Gasteiger partial charge >= 0.3 is 5.97 Å². The number of aliphatic carboxylic acids is 1. The number of nitrogens with zero attached hydrogens (tertiary/aromatic N) is 4. The first kappa shape index (κ1) is 25.9. The third-order valence-corrected chi connectivity index (χ3v) is 7.74. The van der Waals surface area contributed by atoms with Crippen LogP contribution in [-0.2, 0) is 24.9 Å². The van der Waals surface area contributed by atoms with Crippen LogP contribution in [0.4, 0.5) is 0 Å². The molecule has 38 heavy (non-hydrogen) atoms. The molecule has 198 valence electrons. The monoisotopic (exact) mass is 512 g/mol. The van der Waals surface area contributed by atoms with Gasteiger partial charge < -0.3 is 9.84 Å². The molecule has 3 aromatic carbocycles. The van der Waals surface area contributed by atoms with Crippen LogP contribution in [0.25, 0.3) is 11.0 Å². The van der Waals surface area contributed by atoms with Gasteiger partial charge in [-0.25, -0.2) is 4.68 Å². The minimum absolute atomic E-state index is 0.0125. The number of benzene rings is 3. The van der Waals surface area contributed by atoms with Gasteiger partial charge in [-0.05, 0) is 60.2 Å². The molecule has 0 saturated carbocycles. The summed E-state index contributed by atoms with van der Waals surface area (Å²) >= 11 is 0. The van der Waals surface area contributed by atoms with Crippen LogP contribution < -0.4 is 4.74 Å². The van der Waals surface area contributed by atoms with E-state index in [1.807, 2.05) is 32.2 Å². The topological polar surface area (TPSA) is 80.5 Å². The molecule has 0 aliphatic carbocycles. The van der Waals surface area contributed by atoms with Gasteiger partial charge in [-0.2, -0.15) is 0 Å². The number of aromatic nitrogens is 3. The molecule has 1 aliphatic heterocycles. The number of hydrogen-bond acceptors (Lipinski definition) is 5. The predicted octanol–water partition coefficient (Wildman–Crippen LogP) is 5.76. The van der Waals surface area contributed by atoms with Crippen molar-refractivity contribution >= 4 is 17.0 Å². The minimum atomic E-state index is -0.820. The molecule has 1 aliphatic rings. The van der Waals surface area contributed by atoms with E-state index in [0.29, 0.717) is 0 Å². The zero-order valence-electron chi connectivity index (χ0n) is 22.6. The van der Waals surface area contributed by atoms with Crippen molar-refractivity contribution in [2.24, 2.45) is 7.05 Å². The van der Waals surface area contributed by atoms with E-state index in [9.17, 15) is 9.90 Å². The average Bonchev–Trinajstić information content (AvgIpc) is 3.17. The highest BCUT2D eigenvalue weighted by molar-refractivity contribution is 5.80. The number of aryl methyl sites for hydroxylation is 3. The van der Waals surface area contributed by atoms with Gasteiger partial charge in [-0.15, -0.1) is 5.10 Å². The lowest BCUT2D eigenvalue weighted by molar-refractivity contribution is -0.137. The van der Waals surface area contributed by atoms with Gasteiger partial charge in [0.15, 0.2) is 0 Å². The molecule has 1 aromatic heterocycles. The maximum Gasteiger partial charge on any atom is 0.304 e. The van der Waals surface area contributed by atoms with Crippen LogP contribution in [0.3, 0.4) is 0 Å². The number of ether oxygens (including phenoxy) is 1. The molecule has 4 aromatic rings. The van der Waals surface area contributed by atoms with E-state index in [2.05, 4.69) is 65.5 Å². The van der Waals surface area contributed by atoms with Crippen molar-refractivity contribution in [1.29, 1.82) is 0 Å². The summed E-state index contributed by atoms with van der Waals surface area (Å²) in [5.41, 5.74) is 8.35. The van der Waals surface area contributed by atoms with E-state index in [1.165, 1.54) is 16.7 Å². The first-order valence-corrected chi connectivity index (χ1v) is 13.4. The Morgan fingerprint density at radius 3 is 2.76 bits per heavy atom. The molecule has 0 bridgehead atoms. The largest absolute Gasteiger partial charge is 0.489 e. The Hall–Kier alpha value is -3.71. The Morgan fingerprint density at radius 2 is 1.97 bits per heavy atom. The van der Waals surface area contributed by atoms with Crippen LogP contribution in [0, 0.1) is 13.8 Å². The van der Waals surface area contributed by atoms with Crippen molar-refractivity contribution in [3.63, 3.8) is 0 Å². The van der Waals surface area contributed by atoms with E-state index in [4.69, 9.17) is 4.74 Å². The normalized spacial score (nSPS) is 16.6. The third-order valence-electron chi connectivity index (χ3n) is 7.74. The summed E-state index contributed by atoms with van der Waals surface area (Å²) in [4.78, 5) is 14.5. The Morgan fingerprint density at radius 1 is 1.16 bits per heavy atom. The molecule has 7 nitrogen and oxygen atoms in total. The van der Waals surface area contributed by atoms with E-state index < -0.39 is 5.97 Å². The summed E-state index contributed by atoms with van der Waals surface area (Å²) in [6, 6.07) is 18.8. The average molecular weight is 513 g/mol. The van der Waals surface area contributed by atoms with Crippen molar-refractivity contribution in [2.45, 2.75) is 65.1 Å². The highest BCUT2D eigenvalue weighted by atomic mass is 16.5. The van der Waals surface area contributed by atoms with Crippen molar-refractivity contribution in [3.05, 3.63) is 88.0 Å². The second-order valence-electron chi connectivity index (χ2n) is 10.5. The lowest BCUT2D eigenvalue weighted by atomic mass is 9.84. The Balaban J connectivity index is 1.49. The smallest absolute Gasteiger partial charge is 0.304 e. The maximum absolute atomic E-state index is 12.0. The first-order valence-electron chi connectivity index (χ1n) is 13.4. The quantitative estimate of drug-likeness (QED) is 0.324. The Kier molecular flexibility index (Phi) is 7.47. The second kappa shape index (κ2) is 11.0. The van der Waals surface area contributed by atoms with Gasteiger partial charge in [-0.1, -0.05) is 61.0 Å². The number of carbonyl (C=O) groups is 1. The standard InChI is InChI=1S/C31H36N4O3/c1-5-8-25-19-35(17-23-9-6-7-10-29(23)38-25)18-24-15-22(12-11-20(24)2)27(16-30(36)37)26-13-14-28-31(21(26)3)32-33-34(28)4/h6-7,9-15,25,27H,5,8,16-19H2,1-4H3,(H,36,37). The van der Waals surface area contributed by atoms with Gasteiger partial charge in [0.25, 0.3) is 0 Å². The van der Waals surface area contributed by atoms with Gasteiger partial charge in [0.1, 0.15) is 17.4 Å².